The molecule has 0 unspecified atom stereocenters. The average Bonchev–Trinajstić information content (AvgIpc) is 3.40. The largest absolute Gasteiger partial charge is 0.463 e. The molecule has 3 heterocycles. The van der Waals surface area contributed by atoms with Gasteiger partial charge >= 0.3 is 0 Å². The molecule has 1 aromatic carbocycles. The first kappa shape index (κ1) is 23.0. The summed E-state index contributed by atoms with van der Waals surface area (Å²) in [5.41, 5.74) is 4.45. The van der Waals surface area contributed by atoms with Crippen LogP contribution in [-0.2, 0) is 12.8 Å². The minimum Gasteiger partial charge on any atom is -0.463 e. The van der Waals surface area contributed by atoms with Crippen LogP contribution in [0, 0.1) is 11.3 Å². The Balaban J connectivity index is 1.38. The van der Waals surface area contributed by atoms with E-state index in [0.717, 1.165) is 54.1 Å². The lowest BCUT2D eigenvalue weighted by atomic mass is 9.87. The summed E-state index contributed by atoms with van der Waals surface area (Å²) in [5, 5.41) is 14.9. The maximum atomic E-state index is 10.1. The van der Waals surface area contributed by atoms with Crippen LogP contribution in [0.15, 0.2) is 41.0 Å². The van der Waals surface area contributed by atoms with Gasteiger partial charge in [-0.15, -0.1) is 0 Å². The quantitative estimate of drug-likeness (QED) is 0.437. The zero-order chi connectivity index (χ0) is 23.7. The summed E-state index contributed by atoms with van der Waals surface area (Å²) in [5.74, 6) is 1.49. The number of furan rings is 1. The van der Waals surface area contributed by atoms with Crippen molar-refractivity contribution in [2.24, 2.45) is 0 Å². The highest BCUT2D eigenvalue weighted by molar-refractivity contribution is 7.80. The third-order valence-electron chi connectivity index (χ3n) is 6.42. The first-order valence-electron chi connectivity index (χ1n) is 11.3. The second-order valence-electron chi connectivity index (χ2n) is 8.41. The molecule has 2 aliphatic rings. The standard InChI is InChI=1S/C25H23Cl2N5OS/c26-19-7-3-8-20(27)23(19)30-25(34)32-12-10-31(11-13-32)24-18(15-28)16-5-1-2-6-17(16)22(29-24)21-9-4-14-33-21/h3-4,7-9,14H,1-2,5-6,10-13H2,(H,30,34). The average molecular weight is 512 g/mol. The first-order chi connectivity index (χ1) is 16.6. The van der Waals surface area contributed by atoms with Crippen molar-refractivity contribution in [2.75, 3.05) is 36.4 Å². The van der Waals surface area contributed by atoms with Gasteiger partial charge in [-0.2, -0.15) is 5.26 Å². The molecule has 6 nitrogen and oxygen atoms in total. The predicted molar refractivity (Wildman–Crippen MR) is 140 cm³/mol. The van der Waals surface area contributed by atoms with E-state index in [-0.39, 0.29) is 0 Å². The van der Waals surface area contributed by atoms with Gasteiger partial charge in [0.2, 0.25) is 0 Å². The number of aromatic nitrogens is 1. The fourth-order valence-electron chi connectivity index (χ4n) is 4.69. The summed E-state index contributed by atoms with van der Waals surface area (Å²) in [6, 6.07) is 11.6. The summed E-state index contributed by atoms with van der Waals surface area (Å²) in [7, 11) is 0. The highest BCUT2D eigenvalue weighted by Crippen LogP contribution is 2.37. The Morgan fingerprint density at radius 2 is 1.74 bits per heavy atom. The number of pyridine rings is 1. The number of nitrogens with zero attached hydrogens (tertiary/aromatic N) is 4. The predicted octanol–water partition coefficient (Wildman–Crippen LogP) is 5.92. The fourth-order valence-corrected chi connectivity index (χ4v) is 5.47. The Labute approximate surface area is 214 Å². The number of halogens is 2. The second kappa shape index (κ2) is 9.83. The Bertz CT molecular complexity index is 1240. The van der Waals surface area contributed by atoms with Gasteiger partial charge in [0.1, 0.15) is 17.6 Å². The van der Waals surface area contributed by atoms with Gasteiger partial charge in [0.25, 0.3) is 0 Å². The molecule has 0 spiro atoms. The van der Waals surface area contributed by atoms with Crippen molar-refractivity contribution >= 4 is 52.0 Å². The van der Waals surface area contributed by atoms with Crippen molar-refractivity contribution in [3.05, 3.63) is 63.3 Å². The molecule has 9 heteroatoms. The van der Waals surface area contributed by atoms with Crippen LogP contribution in [0.5, 0.6) is 0 Å². The zero-order valence-corrected chi connectivity index (χ0v) is 20.8. The molecule has 0 amide bonds. The van der Waals surface area contributed by atoms with Crippen molar-refractivity contribution in [3.63, 3.8) is 0 Å². The topological polar surface area (TPSA) is 68.3 Å². The van der Waals surface area contributed by atoms with Crippen LogP contribution in [0.1, 0.15) is 29.5 Å². The highest BCUT2D eigenvalue weighted by Gasteiger charge is 2.28. The van der Waals surface area contributed by atoms with E-state index in [1.807, 2.05) is 12.1 Å². The van der Waals surface area contributed by atoms with Crippen LogP contribution in [0.3, 0.4) is 0 Å². The molecule has 174 valence electrons. The number of para-hydroxylation sites is 1. The molecule has 0 atom stereocenters. The van der Waals surface area contributed by atoms with Crippen LogP contribution in [0.25, 0.3) is 11.5 Å². The molecular formula is C25H23Cl2N5OS. The zero-order valence-electron chi connectivity index (χ0n) is 18.5. The number of rotatable bonds is 3. The number of benzene rings is 1. The van der Waals surface area contributed by atoms with Gasteiger partial charge in [-0.05, 0) is 73.3 Å². The summed E-state index contributed by atoms with van der Waals surface area (Å²) in [6.45, 7) is 2.76. The molecule has 1 fully saturated rings. The third-order valence-corrected chi connectivity index (χ3v) is 7.41. The van der Waals surface area contributed by atoms with Crippen molar-refractivity contribution in [2.45, 2.75) is 25.7 Å². The Morgan fingerprint density at radius 3 is 2.38 bits per heavy atom. The fraction of sp³-hybridized carbons (Fsp3) is 0.320. The van der Waals surface area contributed by atoms with Crippen LogP contribution >= 0.6 is 35.4 Å². The van der Waals surface area contributed by atoms with Gasteiger partial charge in [-0.1, -0.05) is 29.3 Å². The number of nitrogens with one attached hydrogen (secondary N) is 1. The Kier molecular flexibility index (Phi) is 6.64. The van der Waals surface area contributed by atoms with Gasteiger partial charge in [0.15, 0.2) is 10.9 Å². The van der Waals surface area contributed by atoms with Gasteiger partial charge in [0, 0.05) is 26.2 Å². The lowest BCUT2D eigenvalue weighted by Gasteiger charge is -2.38. The lowest BCUT2D eigenvalue weighted by Crippen LogP contribution is -2.50. The number of fused-ring (bicyclic) bond motifs is 1. The Hall–Kier alpha value is -2.79. The van der Waals surface area contributed by atoms with Crippen LogP contribution in [-0.4, -0.2) is 41.2 Å². The number of nitriles is 1. The van der Waals surface area contributed by atoms with E-state index >= 15 is 0 Å². The van der Waals surface area contributed by atoms with Gasteiger partial charge in [0.05, 0.1) is 27.6 Å². The van der Waals surface area contributed by atoms with Crippen molar-refractivity contribution in [3.8, 4) is 17.5 Å². The van der Waals surface area contributed by atoms with Crippen molar-refractivity contribution in [1.29, 1.82) is 5.26 Å². The molecule has 0 saturated carbocycles. The molecule has 5 rings (SSSR count). The second-order valence-corrected chi connectivity index (χ2v) is 9.61. The molecule has 0 bridgehead atoms. The van der Waals surface area contributed by atoms with Gasteiger partial charge < -0.3 is 19.5 Å². The normalized spacial score (nSPS) is 15.6. The van der Waals surface area contributed by atoms with Gasteiger partial charge in [-0.25, -0.2) is 4.98 Å². The monoisotopic (exact) mass is 511 g/mol. The van der Waals surface area contributed by atoms with Crippen molar-refractivity contribution in [1.82, 2.24) is 9.88 Å². The third kappa shape index (κ3) is 4.34. The minimum absolute atomic E-state index is 0.524. The maximum Gasteiger partial charge on any atom is 0.173 e. The van der Waals surface area contributed by atoms with Crippen LogP contribution in [0.2, 0.25) is 10.0 Å². The van der Waals surface area contributed by atoms with E-state index in [4.69, 9.17) is 44.8 Å². The van der Waals surface area contributed by atoms with E-state index in [1.165, 1.54) is 0 Å². The Morgan fingerprint density at radius 1 is 1.03 bits per heavy atom. The molecule has 1 saturated heterocycles. The molecule has 34 heavy (non-hydrogen) atoms. The minimum atomic E-state index is 0.524. The number of thiocarbonyl (C=S) groups is 1. The molecule has 3 aromatic rings. The molecule has 0 radical (unpaired) electrons. The summed E-state index contributed by atoms with van der Waals surface area (Å²) in [6.07, 6.45) is 5.67. The van der Waals surface area contributed by atoms with E-state index in [1.54, 1.807) is 24.5 Å². The van der Waals surface area contributed by atoms with E-state index in [9.17, 15) is 5.26 Å². The highest BCUT2D eigenvalue weighted by atomic mass is 35.5. The van der Waals surface area contributed by atoms with Crippen LogP contribution in [0.4, 0.5) is 11.5 Å². The van der Waals surface area contributed by atoms with E-state index in [2.05, 4.69) is 21.2 Å². The van der Waals surface area contributed by atoms with E-state index < -0.39 is 0 Å². The number of hydrogen-bond donors (Lipinski definition) is 1. The molecular weight excluding hydrogens is 489 g/mol. The SMILES string of the molecule is N#Cc1c(N2CCN(C(=S)Nc3c(Cl)cccc3Cl)CC2)nc(-c2ccco2)c2c1CCCC2. The smallest absolute Gasteiger partial charge is 0.173 e. The van der Waals surface area contributed by atoms with Crippen molar-refractivity contribution < 1.29 is 4.42 Å². The number of piperazine rings is 1. The summed E-state index contributed by atoms with van der Waals surface area (Å²) in [4.78, 5) is 9.26. The molecule has 2 aromatic heterocycles. The molecule has 1 aliphatic heterocycles. The molecule has 1 aliphatic carbocycles. The molecule has 1 N–H and O–H groups in total. The van der Waals surface area contributed by atoms with Crippen LogP contribution < -0.4 is 10.2 Å². The van der Waals surface area contributed by atoms with E-state index in [0.29, 0.717) is 52.6 Å². The number of anilines is 2. The number of hydrogen-bond acceptors (Lipinski definition) is 5. The first-order valence-corrected chi connectivity index (χ1v) is 12.5. The van der Waals surface area contributed by atoms with Gasteiger partial charge in [-0.3, -0.25) is 0 Å². The summed E-state index contributed by atoms with van der Waals surface area (Å²) < 4.78 is 5.71. The maximum absolute atomic E-state index is 10.1. The summed E-state index contributed by atoms with van der Waals surface area (Å²) >= 11 is 18.2. The lowest BCUT2D eigenvalue weighted by molar-refractivity contribution is 0.389.